The molecular weight excluding hydrogens is 442 g/mol. The Morgan fingerprint density at radius 3 is 2.72 bits per heavy atom. The Balaban J connectivity index is 1.39. The van der Waals surface area contributed by atoms with Crippen LogP contribution in [-0.2, 0) is 10.2 Å². The van der Waals surface area contributed by atoms with Crippen LogP contribution in [-0.4, -0.2) is 32.7 Å². The summed E-state index contributed by atoms with van der Waals surface area (Å²) in [5, 5.41) is 6.49. The van der Waals surface area contributed by atoms with Gasteiger partial charge in [-0.05, 0) is 57.2 Å². The van der Waals surface area contributed by atoms with Crippen molar-refractivity contribution in [1.29, 1.82) is 0 Å². The molecule has 9 heteroatoms. The second-order valence-corrected chi connectivity index (χ2v) is 10.2. The summed E-state index contributed by atoms with van der Waals surface area (Å²) in [6.45, 7) is 6.43. The Bertz CT molecular complexity index is 1060. The van der Waals surface area contributed by atoms with E-state index in [1.807, 2.05) is 50.4 Å². The zero-order chi connectivity index (χ0) is 22.6. The van der Waals surface area contributed by atoms with Crippen LogP contribution in [0.5, 0.6) is 5.88 Å². The highest BCUT2D eigenvalue weighted by Gasteiger charge is 2.33. The highest BCUT2D eigenvalue weighted by molar-refractivity contribution is 8.01. The van der Waals surface area contributed by atoms with Crippen LogP contribution >= 0.6 is 23.3 Å². The van der Waals surface area contributed by atoms with E-state index in [2.05, 4.69) is 25.0 Å². The first-order valence-electron chi connectivity index (χ1n) is 10.7. The van der Waals surface area contributed by atoms with Gasteiger partial charge in [-0.3, -0.25) is 9.78 Å². The molecule has 0 radical (unpaired) electrons. The average Bonchev–Trinajstić information content (AvgIpc) is 3.51. The molecule has 0 saturated heterocycles. The van der Waals surface area contributed by atoms with Gasteiger partial charge in [-0.1, -0.05) is 19.1 Å². The minimum atomic E-state index is -0.754. The lowest BCUT2D eigenvalue weighted by molar-refractivity contribution is -0.120. The van der Waals surface area contributed by atoms with Crippen LogP contribution in [0.25, 0.3) is 11.3 Å². The van der Waals surface area contributed by atoms with E-state index in [0.29, 0.717) is 17.7 Å². The lowest BCUT2D eigenvalue weighted by Crippen LogP contribution is -2.35. The molecule has 1 aliphatic rings. The number of nitrogens with zero attached hydrogens (tertiary/aromatic N) is 3. The van der Waals surface area contributed by atoms with Crippen molar-refractivity contribution in [2.45, 2.75) is 50.7 Å². The quantitative estimate of drug-likeness (QED) is 0.378. The monoisotopic (exact) mass is 469 g/mol. The largest absolute Gasteiger partial charge is 0.477 e. The summed E-state index contributed by atoms with van der Waals surface area (Å²) in [4.78, 5) is 26.3. The van der Waals surface area contributed by atoms with Crippen molar-refractivity contribution < 1.29 is 9.53 Å². The van der Waals surface area contributed by atoms with Gasteiger partial charge in [0.15, 0.2) is 5.13 Å². The van der Waals surface area contributed by atoms with Gasteiger partial charge in [-0.2, -0.15) is 0 Å². The summed E-state index contributed by atoms with van der Waals surface area (Å²) < 4.78 is 8.86. The molecule has 0 unspecified atom stereocenters. The Hall–Kier alpha value is -2.65. The third kappa shape index (κ3) is 5.58. The number of ether oxygens (including phenoxy) is 1. The van der Waals surface area contributed by atoms with Crippen LogP contribution in [0.15, 0.2) is 42.0 Å². The van der Waals surface area contributed by atoms with Gasteiger partial charge in [0.05, 0.1) is 35.8 Å². The number of carbonyl (C=O) groups excluding carboxylic acids is 1. The molecule has 1 aliphatic carbocycles. The van der Waals surface area contributed by atoms with Gasteiger partial charge >= 0.3 is 0 Å². The van der Waals surface area contributed by atoms with Crippen molar-refractivity contribution in [3.8, 4) is 17.1 Å². The summed E-state index contributed by atoms with van der Waals surface area (Å²) in [6.07, 6.45) is 6.74. The van der Waals surface area contributed by atoms with Crippen LogP contribution in [0.1, 0.15) is 45.7 Å². The van der Waals surface area contributed by atoms with Crippen LogP contribution in [0.2, 0.25) is 0 Å². The minimum absolute atomic E-state index is 0.105. The van der Waals surface area contributed by atoms with Crippen molar-refractivity contribution in [1.82, 2.24) is 15.0 Å². The summed E-state index contributed by atoms with van der Waals surface area (Å²) in [6, 6.07) is 7.56. The van der Waals surface area contributed by atoms with E-state index in [0.717, 1.165) is 34.2 Å². The summed E-state index contributed by atoms with van der Waals surface area (Å²) in [5.74, 6) is 0.405. The molecule has 32 heavy (non-hydrogen) atoms. The number of aromatic nitrogens is 3. The van der Waals surface area contributed by atoms with Gasteiger partial charge in [0.25, 0.3) is 0 Å². The second-order valence-electron chi connectivity index (χ2n) is 8.20. The maximum Gasteiger partial charge on any atom is 0.236 e. The van der Waals surface area contributed by atoms with Gasteiger partial charge in [0.2, 0.25) is 11.8 Å². The molecule has 0 aliphatic heterocycles. The summed E-state index contributed by atoms with van der Waals surface area (Å²) >= 11 is 3.24. The standard InChI is InChI=1S/C23H27N5O2S2/c1-4-11-30-20-13-24-12-18(26-20)15-5-7-16(8-6-15)25-21(29)23(2,3)19-14-31-22(27-19)28-32-17-9-10-17/h5-8,12-14,17H,4,9-11H2,1-3H3,(H,25,29)(H,27,28). The maximum absolute atomic E-state index is 13.0. The first kappa shape index (κ1) is 22.5. The van der Waals surface area contributed by atoms with Crippen LogP contribution in [0.3, 0.4) is 0 Å². The third-order valence-corrected chi connectivity index (χ3v) is 7.06. The number of amides is 1. The van der Waals surface area contributed by atoms with Gasteiger partial charge < -0.3 is 14.8 Å². The molecular formula is C23H27N5O2S2. The van der Waals surface area contributed by atoms with Crippen LogP contribution < -0.4 is 14.8 Å². The van der Waals surface area contributed by atoms with Crippen molar-refractivity contribution in [3.05, 3.63) is 47.7 Å². The van der Waals surface area contributed by atoms with Gasteiger partial charge in [0.1, 0.15) is 0 Å². The normalized spacial score (nSPS) is 13.6. The van der Waals surface area contributed by atoms with E-state index in [9.17, 15) is 4.79 Å². The first-order valence-corrected chi connectivity index (χ1v) is 12.5. The van der Waals surface area contributed by atoms with E-state index >= 15 is 0 Å². The average molecular weight is 470 g/mol. The van der Waals surface area contributed by atoms with Crippen LogP contribution in [0, 0.1) is 0 Å². The zero-order valence-corrected chi connectivity index (χ0v) is 20.1. The fraction of sp³-hybridized carbons (Fsp3) is 0.391. The predicted molar refractivity (Wildman–Crippen MR) is 131 cm³/mol. The Kier molecular flexibility index (Phi) is 6.95. The number of hydrogen-bond acceptors (Lipinski definition) is 8. The minimum Gasteiger partial charge on any atom is -0.477 e. The number of thiazole rings is 1. The maximum atomic E-state index is 13.0. The number of benzene rings is 1. The molecule has 2 N–H and O–H groups in total. The first-order chi connectivity index (χ1) is 15.5. The SMILES string of the molecule is CCCOc1cncc(-c2ccc(NC(=O)C(C)(C)c3csc(NSC4CC4)n3)cc2)n1. The Morgan fingerprint density at radius 1 is 1.22 bits per heavy atom. The fourth-order valence-electron chi connectivity index (χ4n) is 2.82. The van der Waals surface area contributed by atoms with Gasteiger partial charge in [0, 0.05) is 21.9 Å². The van der Waals surface area contributed by atoms with E-state index in [1.165, 1.54) is 24.2 Å². The Morgan fingerprint density at radius 2 is 2.00 bits per heavy atom. The molecule has 1 aromatic carbocycles. The second kappa shape index (κ2) is 9.87. The van der Waals surface area contributed by atoms with Crippen molar-refractivity contribution >= 4 is 40.0 Å². The lowest BCUT2D eigenvalue weighted by atomic mass is 9.89. The highest BCUT2D eigenvalue weighted by Crippen LogP contribution is 2.36. The third-order valence-electron chi connectivity index (χ3n) is 5.05. The van der Waals surface area contributed by atoms with Gasteiger partial charge in [-0.25, -0.2) is 9.97 Å². The highest BCUT2D eigenvalue weighted by atomic mass is 32.2. The lowest BCUT2D eigenvalue weighted by Gasteiger charge is -2.21. The van der Waals surface area contributed by atoms with E-state index in [4.69, 9.17) is 4.74 Å². The van der Waals surface area contributed by atoms with Crippen molar-refractivity contribution in [3.63, 3.8) is 0 Å². The molecule has 1 fully saturated rings. The number of nitrogens with one attached hydrogen (secondary N) is 2. The molecule has 7 nitrogen and oxygen atoms in total. The molecule has 1 amide bonds. The van der Waals surface area contributed by atoms with Gasteiger partial charge in [-0.15, -0.1) is 11.3 Å². The van der Waals surface area contributed by atoms with E-state index < -0.39 is 5.41 Å². The molecule has 2 heterocycles. The topological polar surface area (TPSA) is 89.0 Å². The number of carbonyl (C=O) groups is 1. The molecule has 4 rings (SSSR count). The molecule has 1 saturated carbocycles. The van der Waals surface area contributed by atoms with Crippen molar-refractivity contribution in [2.24, 2.45) is 0 Å². The fourth-order valence-corrected chi connectivity index (χ4v) is 4.56. The number of anilines is 2. The smallest absolute Gasteiger partial charge is 0.236 e. The number of rotatable bonds is 10. The van der Waals surface area contributed by atoms with E-state index in [1.54, 1.807) is 24.3 Å². The van der Waals surface area contributed by atoms with E-state index in [-0.39, 0.29) is 5.91 Å². The molecule has 168 valence electrons. The molecule has 3 aromatic rings. The molecule has 0 spiro atoms. The molecule has 0 bridgehead atoms. The molecule has 0 atom stereocenters. The zero-order valence-electron chi connectivity index (χ0n) is 18.4. The summed E-state index contributed by atoms with van der Waals surface area (Å²) in [7, 11) is 0. The number of hydrogen-bond donors (Lipinski definition) is 2. The van der Waals surface area contributed by atoms with Crippen molar-refractivity contribution in [2.75, 3.05) is 16.6 Å². The van der Waals surface area contributed by atoms with Crippen LogP contribution in [0.4, 0.5) is 10.8 Å². The molecule has 2 aromatic heterocycles. The summed E-state index contributed by atoms with van der Waals surface area (Å²) in [5.41, 5.74) is 2.35. The predicted octanol–water partition coefficient (Wildman–Crippen LogP) is 5.53. The Labute approximate surface area is 196 Å².